The number of H-pyrrole nitrogens is 1. The van der Waals surface area contributed by atoms with Crippen LogP contribution in [0.1, 0.15) is 35.2 Å². The molecule has 1 aliphatic rings. The zero-order chi connectivity index (χ0) is 19.8. The van der Waals surface area contributed by atoms with Crippen molar-refractivity contribution in [2.24, 2.45) is 0 Å². The van der Waals surface area contributed by atoms with Crippen LogP contribution in [0.5, 0.6) is 0 Å². The average molecular weight is 407 g/mol. The Labute approximate surface area is 172 Å². The molecule has 1 N–H and O–H groups in total. The average Bonchev–Trinajstić information content (AvgIpc) is 3.44. The fourth-order valence-electron chi connectivity index (χ4n) is 3.85. The summed E-state index contributed by atoms with van der Waals surface area (Å²) in [4.78, 5) is 22.1. The highest BCUT2D eigenvalue weighted by molar-refractivity contribution is 6.30. The molecule has 2 aromatic carbocycles. The lowest BCUT2D eigenvalue weighted by Crippen LogP contribution is -2.24. The molecule has 146 valence electrons. The molecular formula is C22H19ClN4O2. The van der Waals surface area contributed by atoms with Gasteiger partial charge in [-0.2, -0.15) is 4.98 Å². The van der Waals surface area contributed by atoms with Gasteiger partial charge in [0, 0.05) is 47.6 Å². The van der Waals surface area contributed by atoms with Gasteiger partial charge < -0.3 is 14.4 Å². The molecular weight excluding hydrogens is 388 g/mol. The summed E-state index contributed by atoms with van der Waals surface area (Å²) < 4.78 is 5.48. The Morgan fingerprint density at radius 3 is 2.86 bits per heavy atom. The number of halogens is 1. The number of benzene rings is 2. The molecule has 5 rings (SSSR count). The number of amides is 1. The number of para-hydroxylation sites is 1. The van der Waals surface area contributed by atoms with Gasteiger partial charge in [0.15, 0.2) is 5.82 Å². The maximum absolute atomic E-state index is 12.4. The van der Waals surface area contributed by atoms with Crippen molar-refractivity contribution < 1.29 is 9.32 Å². The van der Waals surface area contributed by atoms with E-state index in [0.717, 1.165) is 22.0 Å². The Morgan fingerprint density at radius 2 is 2.00 bits per heavy atom. The molecule has 4 aromatic rings. The summed E-state index contributed by atoms with van der Waals surface area (Å²) in [5, 5.41) is 5.99. The first kappa shape index (κ1) is 17.9. The summed E-state index contributed by atoms with van der Waals surface area (Å²) in [6, 6.07) is 15.7. The van der Waals surface area contributed by atoms with Crippen LogP contribution in [-0.2, 0) is 17.8 Å². The molecule has 1 unspecified atom stereocenters. The number of carbonyl (C=O) groups is 1. The number of aromatic nitrogens is 3. The van der Waals surface area contributed by atoms with E-state index in [0.29, 0.717) is 42.7 Å². The molecule has 0 radical (unpaired) electrons. The second kappa shape index (κ2) is 7.37. The quantitative estimate of drug-likeness (QED) is 0.535. The van der Waals surface area contributed by atoms with Gasteiger partial charge in [0.2, 0.25) is 11.8 Å². The third-order valence-electron chi connectivity index (χ3n) is 5.37. The lowest BCUT2D eigenvalue weighted by atomic mass is 10.1. The van der Waals surface area contributed by atoms with Crippen molar-refractivity contribution in [2.75, 3.05) is 6.54 Å². The van der Waals surface area contributed by atoms with Crippen LogP contribution in [0.4, 0.5) is 0 Å². The Balaban J connectivity index is 1.28. The van der Waals surface area contributed by atoms with Crippen molar-refractivity contribution in [3.8, 4) is 0 Å². The molecule has 6 nitrogen and oxygen atoms in total. The Kier molecular flexibility index (Phi) is 4.56. The Morgan fingerprint density at radius 1 is 1.17 bits per heavy atom. The van der Waals surface area contributed by atoms with E-state index < -0.39 is 0 Å². The topological polar surface area (TPSA) is 75.0 Å². The van der Waals surface area contributed by atoms with Gasteiger partial charge in [-0.3, -0.25) is 4.79 Å². The van der Waals surface area contributed by atoms with Gasteiger partial charge in [-0.1, -0.05) is 47.1 Å². The van der Waals surface area contributed by atoms with Gasteiger partial charge in [0.05, 0.1) is 6.42 Å². The maximum atomic E-state index is 12.4. The molecule has 0 spiro atoms. The molecule has 0 bridgehead atoms. The van der Waals surface area contributed by atoms with Crippen LogP contribution in [0.25, 0.3) is 10.9 Å². The fourth-order valence-corrected chi connectivity index (χ4v) is 3.98. The number of nitrogens with zero attached hydrogens (tertiary/aromatic N) is 3. The number of hydrogen-bond donors (Lipinski definition) is 1. The first-order valence-corrected chi connectivity index (χ1v) is 9.93. The van der Waals surface area contributed by atoms with Crippen LogP contribution < -0.4 is 0 Å². The standard InChI is InChI=1S/C22H19ClN4O2/c23-17-7-5-14(6-8-17)12-27-13-16(10-21(27)28)22-25-20(29-26-22)9-15-11-24-19-4-2-1-3-18(15)19/h1-8,11,16,24H,9-10,12-13H2. The van der Waals surface area contributed by atoms with E-state index in [1.807, 2.05) is 53.6 Å². The Hall–Kier alpha value is -3.12. The van der Waals surface area contributed by atoms with E-state index in [1.54, 1.807) is 0 Å². The normalized spacial score (nSPS) is 16.8. The van der Waals surface area contributed by atoms with Crippen molar-refractivity contribution in [1.29, 1.82) is 0 Å². The molecule has 0 saturated carbocycles. The van der Waals surface area contributed by atoms with Gasteiger partial charge in [-0.15, -0.1) is 0 Å². The predicted molar refractivity (Wildman–Crippen MR) is 110 cm³/mol. The van der Waals surface area contributed by atoms with Crippen LogP contribution in [0.2, 0.25) is 5.02 Å². The number of aromatic amines is 1. The minimum Gasteiger partial charge on any atom is -0.361 e. The molecule has 1 saturated heterocycles. The zero-order valence-electron chi connectivity index (χ0n) is 15.6. The smallest absolute Gasteiger partial charge is 0.231 e. The van der Waals surface area contributed by atoms with Gasteiger partial charge in [-0.25, -0.2) is 0 Å². The summed E-state index contributed by atoms with van der Waals surface area (Å²) in [6.45, 7) is 1.15. The first-order chi connectivity index (χ1) is 14.2. The number of likely N-dealkylation sites (tertiary alicyclic amines) is 1. The summed E-state index contributed by atoms with van der Waals surface area (Å²) in [7, 11) is 0. The van der Waals surface area contributed by atoms with Gasteiger partial charge in [-0.05, 0) is 29.3 Å². The summed E-state index contributed by atoms with van der Waals surface area (Å²) >= 11 is 5.94. The largest absolute Gasteiger partial charge is 0.361 e. The van der Waals surface area contributed by atoms with E-state index in [4.69, 9.17) is 16.1 Å². The fraction of sp³-hybridized carbons (Fsp3) is 0.227. The minimum absolute atomic E-state index is 0.0460. The SMILES string of the molecule is O=C1CC(c2noc(Cc3c[nH]c4ccccc34)n2)CN1Cc1ccc(Cl)cc1. The van der Waals surface area contributed by atoms with Crippen molar-refractivity contribution in [2.45, 2.75) is 25.3 Å². The van der Waals surface area contributed by atoms with E-state index in [9.17, 15) is 4.79 Å². The van der Waals surface area contributed by atoms with E-state index in [-0.39, 0.29) is 11.8 Å². The minimum atomic E-state index is -0.0460. The summed E-state index contributed by atoms with van der Waals surface area (Å²) in [5.41, 5.74) is 3.25. The number of nitrogens with one attached hydrogen (secondary N) is 1. The van der Waals surface area contributed by atoms with Crippen LogP contribution in [0, 0.1) is 0 Å². The van der Waals surface area contributed by atoms with Crippen LogP contribution in [-0.4, -0.2) is 32.5 Å². The number of fused-ring (bicyclic) bond motifs is 1. The zero-order valence-corrected chi connectivity index (χ0v) is 16.4. The second-order valence-electron chi connectivity index (χ2n) is 7.38. The number of rotatable bonds is 5. The third-order valence-corrected chi connectivity index (χ3v) is 5.62. The van der Waals surface area contributed by atoms with Gasteiger partial charge >= 0.3 is 0 Å². The molecule has 1 atom stereocenters. The molecule has 2 aromatic heterocycles. The first-order valence-electron chi connectivity index (χ1n) is 9.55. The molecule has 3 heterocycles. The maximum Gasteiger partial charge on any atom is 0.231 e. The predicted octanol–water partition coefficient (Wildman–Crippen LogP) is 4.31. The van der Waals surface area contributed by atoms with E-state index >= 15 is 0 Å². The number of hydrogen-bond acceptors (Lipinski definition) is 4. The molecule has 1 aliphatic heterocycles. The second-order valence-corrected chi connectivity index (χ2v) is 7.82. The van der Waals surface area contributed by atoms with Crippen molar-refractivity contribution in [3.05, 3.63) is 82.6 Å². The van der Waals surface area contributed by atoms with Crippen molar-refractivity contribution in [3.63, 3.8) is 0 Å². The lowest BCUT2D eigenvalue weighted by molar-refractivity contribution is -0.128. The van der Waals surface area contributed by atoms with Crippen molar-refractivity contribution in [1.82, 2.24) is 20.0 Å². The molecule has 1 amide bonds. The lowest BCUT2D eigenvalue weighted by Gasteiger charge is -2.16. The molecule has 0 aliphatic carbocycles. The Bertz CT molecular complexity index is 1170. The summed E-state index contributed by atoms with van der Waals surface area (Å²) in [6.07, 6.45) is 2.94. The highest BCUT2D eigenvalue weighted by Crippen LogP contribution is 2.28. The van der Waals surface area contributed by atoms with E-state index in [1.165, 1.54) is 0 Å². The summed E-state index contributed by atoms with van der Waals surface area (Å²) in [5.74, 6) is 1.23. The highest BCUT2D eigenvalue weighted by Gasteiger charge is 2.33. The highest BCUT2D eigenvalue weighted by atomic mass is 35.5. The van der Waals surface area contributed by atoms with Gasteiger partial charge in [0.1, 0.15) is 0 Å². The molecule has 7 heteroatoms. The van der Waals surface area contributed by atoms with Crippen molar-refractivity contribution >= 4 is 28.4 Å². The van der Waals surface area contributed by atoms with Crippen LogP contribution >= 0.6 is 11.6 Å². The van der Waals surface area contributed by atoms with Gasteiger partial charge in [0.25, 0.3) is 0 Å². The monoisotopic (exact) mass is 406 g/mol. The van der Waals surface area contributed by atoms with E-state index in [2.05, 4.69) is 21.2 Å². The molecule has 29 heavy (non-hydrogen) atoms. The van der Waals surface area contributed by atoms with Crippen LogP contribution in [0.15, 0.2) is 59.3 Å². The number of carbonyl (C=O) groups excluding carboxylic acids is 1. The van der Waals surface area contributed by atoms with Crippen LogP contribution in [0.3, 0.4) is 0 Å². The molecule has 1 fully saturated rings. The third kappa shape index (κ3) is 3.63.